The Morgan fingerprint density at radius 3 is 2.65 bits per heavy atom. The zero-order chi connectivity index (χ0) is 18.7. The number of nitro benzene ring substituents is 1. The Morgan fingerprint density at radius 1 is 1.15 bits per heavy atom. The molecule has 0 unspecified atom stereocenters. The zero-order valence-electron chi connectivity index (χ0n) is 14.1. The maximum atomic E-state index is 13.7. The van der Waals surface area contributed by atoms with Gasteiger partial charge in [-0.25, -0.2) is 0 Å². The van der Waals surface area contributed by atoms with Crippen LogP contribution in [-0.4, -0.2) is 24.1 Å². The molecule has 0 fully saturated rings. The number of nitrogens with zero attached hydrogens (tertiary/aromatic N) is 2. The van der Waals surface area contributed by atoms with Gasteiger partial charge in [0, 0.05) is 17.0 Å². The van der Waals surface area contributed by atoms with Gasteiger partial charge in [0.05, 0.1) is 36.9 Å². The number of benzene rings is 2. The van der Waals surface area contributed by atoms with Gasteiger partial charge in [-0.05, 0) is 6.07 Å². The number of rotatable bonds is 6. The molecule has 2 aromatic carbocycles. The maximum Gasteiger partial charge on any atom is 0.308 e. The SMILES string of the molecule is COc1cnc2c(COc3cc([N+](=O)[O-])c(F)cc3OC)cccc2c1. The van der Waals surface area contributed by atoms with Gasteiger partial charge in [-0.2, -0.15) is 4.39 Å². The van der Waals surface area contributed by atoms with Crippen molar-refractivity contribution in [2.24, 2.45) is 0 Å². The molecule has 0 amide bonds. The summed E-state index contributed by atoms with van der Waals surface area (Å²) in [5.74, 6) is -0.210. The monoisotopic (exact) mass is 358 g/mol. The number of aromatic nitrogens is 1. The molecule has 0 spiro atoms. The Labute approximate surface area is 148 Å². The standard InChI is InChI=1S/C18H15FN2O5/c1-24-13-6-11-4-3-5-12(18(11)20-9-13)10-26-17-8-15(21(22)23)14(19)7-16(17)25-2/h3-9H,10H2,1-2H3. The molecule has 1 aromatic heterocycles. The van der Waals surface area contributed by atoms with Crippen LogP contribution in [0.1, 0.15) is 5.56 Å². The smallest absolute Gasteiger partial charge is 0.308 e. The van der Waals surface area contributed by atoms with E-state index in [0.29, 0.717) is 11.3 Å². The van der Waals surface area contributed by atoms with Gasteiger partial charge in [0.25, 0.3) is 0 Å². The van der Waals surface area contributed by atoms with Crippen LogP contribution >= 0.6 is 0 Å². The normalized spacial score (nSPS) is 10.6. The minimum absolute atomic E-state index is 0.0722. The van der Waals surface area contributed by atoms with Crippen LogP contribution in [0.4, 0.5) is 10.1 Å². The molecule has 0 N–H and O–H groups in total. The van der Waals surface area contributed by atoms with E-state index >= 15 is 0 Å². The number of pyridine rings is 1. The van der Waals surface area contributed by atoms with E-state index in [0.717, 1.165) is 23.1 Å². The number of methoxy groups -OCH3 is 2. The highest BCUT2D eigenvalue weighted by Crippen LogP contribution is 2.34. The van der Waals surface area contributed by atoms with Crippen molar-refractivity contribution in [2.75, 3.05) is 14.2 Å². The fraction of sp³-hybridized carbons (Fsp3) is 0.167. The van der Waals surface area contributed by atoms with Crippen molar-refractivity contribution in [3.8, 4) is 17.2 Å². The molecule has 0 bridgehead atoms. The second kappa shape index (κ2) is 7.22. The lowest BCUT2D eigenvalue weighted by Gasteiger charge is -2.12. The molecule has 0 saturated carbocycles. The van der Waals surface area contributed by atoms with Gasteiger partial charge in [0.15, 0.2) is 11.5 Å². The average Bonchev–Trinajstić information content (AvgIpc) is 2.65. The van der Waals surface area contributed by atoms with Gasteiger partial charge < -0.3 is 14.2 Å². The van der Waals surface area contributed by atoms with Crippen LogP contribution in [0.5, 0.6) is 17.2 Å². The van der Waals surface area contributed by atoms with Gasteiger partial charge >= 0.3 is 5.69 Å². The van der Waals surface area contributed by atoms with Crippen LogP contribution in [0.3, 0.4) is 0 Å². The molecule has 7 nitrogen and oxygen atoms in total. The van der Waals surface area contributed by atoms with Crippen molar-refractivity contribution in [1.29, 1.82) is 0 Å². The largest absolute Gasteiger partial charge is 0.495 e. The van der Waals surface area contributed by atoms with Gasteiger partial charge in [-0.15, -0.1) is 0 Å². The Bertz CT molecular complexity index is 977. The first-order valence-electron chi connectivity index (χ1n) is 7.60. The fourth-order valence-corrected chi connectivity index (χ4v) is 2.52. The zero-order valence-corrected chi connectivity index (χ0v) is 14.1. The van der Waals surface area contributed by atoms with E-state index in [1.54, 1.807) is 13.3 Å². The number of hydrogen-bond acceptors (Lipinski definition) is 6. The Hall–Kier alpha value is -3.42. The molecule has 0 atom stereocenters. The van der Waals surface area contributed by atoms with Gasteiger partial charge in [0.2, 0.25) is 5.82 Å². The molecule has 1 heterocycles. The Morgan fingerprint density at radius 2 is 1.96 bits per heavy atom. The summed E-state index contributed by atoms with van der Waals surface area (Å²) in [4.78, 5) is 14.5. The number of nitro groups is 1. The summed E-state index contributed by atoms with van der Waals surface area (Å²) in [6, 6.07) is 9.33. The van der Waals surface area contributed by atoms with Crippen LogP contribution < -0.4 is 14.2 Å². The van der Waals surface area contributed by atoms with E-state index in [1.165, 1.54) is 7.11 Å². The van der Waals surface area contributed by atoms with Crippen LogP contribution in [0, 0.1) is 15.9 Å². The summed E-state index contributed by atoms with van der Waals surface area (Å²) in [5, 5.41) is 11.8. The summed E-state index contributed by atoms with van der Waals surface area (Å²) in [5.41, 5.74) is 0.796. The lowest BCUT2D eigenvalue weighted by molar-refractivity contribution is -0.387. The first-order valence-corrected chi connectivity index (χ1v) is 7.60. The second-order valence-corrected chi connectivity index (χ2v) is 5.36. The molecule has 0 aliphatic rings. The molecule has 3 aromatic rings. The van der Waals surface area contributed by atoms with Crippen molar-refractivity contribution < 1.29 is 23.5 Å². The third-order valence-electron chi connectivity index (χ3n) is 3.82. The quantitative estimate of drug-likeness (QED) is 0.491. The predicted octanol–water partition coefficient (Wildman–Crippen LogP) is 3.88. The van der Waals surface area contributed by atoms with Crippen LogP contribution in [0.15, 0.2) is 42.6 Å². The third-order valence-corrected chi connectivity index (χ3v) is 3.82. The van der Waals surface area contributed by atoms with E-state index in [1.807, 2.05) is 24.3 Å². The fourth-order valence-electron chi connectivity index (χ4n) is 2.52. The molecule has 0 saturated heterocycles. The maximum absolute atomic E-state index is 13.7. The first kappa shape index (κ1) is 17.4. The molecule has 0 radical (unpaired) electrons. The highest BCUT2D eigenvalue weighted by molar-refractivity contribution is 5.82. The van der Waals surface area contributed by atoms with E-state index in [9.17, 15) is 14.5 Å². The molecule has 0 aliphatic heterocycles. The van der Waals surface area contributed by atoms with E-state index in [4.69, 9.17) is 14.2 Å². The summed E-state index contributed by atoms with van der Waals surface area (Å²) < 4.78 is 29.6. The molecule has 26 heavy (non-hydrogen) atoms. The van der Waals surface area contributed by atoms with Gasteiger partial charge in [-0.1, -0.05) is 18.2 Å². The van der Waals surface area contributed by atoms with Crippen LogP contribution in [0.2, 0.25) is 0 Å². The first-order chi connectivity index (χ1) is 12.5. The lowest BCUT2D eigenvalue weighted by atomic mass is 10.1. The lowest BCUT2D eigenvalue weighted by Crippen LogP contribution is -2.02. The molecule has 8 heteroatoms. The average molecular weight is 358 g/mol. The van der Waals surface area contributed by atoms with Crippen LogP contribution in [-0.2, 0) is 6.61 Å². The summed E-state index contributed by atoms with van der Waals surface area (Å²) >= 11 is 0. The third kappa shape index (κ3) is 3.34. The Kier molecular flexibility index (Phi) is 4.83. The van der Waals surface area contributed by atoms with Crippen molar-refractivity contribution in [1.82, 2.24) is 4.98 Å². The van der Waals surface area contributed by atoms with Gasteiger partial charge in [0.1, 0.15) is 12.4 Å². The number of ether oxygens (including phenoxy) is 3. The number of hydrogen-bond donors (Lipinski definition) is 0. The number of halogens is 1. The minimum Gasteiger partial charge on any atom is -0.495 e. The van der Waals surface area contributed by atoms with Crippen LogP contribution in [0.25, 0.3) is 10.9 Å². The van der Waals surface area contributed by atoms with E-state index in [-0.39, 0.29) is 18.1 Å². The summed E-state index contributed by atoms with van der Waals surface area (Å²) in [7, 11) is 2.89. The summed E-state index contributed by atoms with van der Waals surface area (Å²) in [6.07, 6.45) is 1.59. The molecule has 3 rings (SSSR count). The van der Waals surface area contributed by atoms with Gasteiger partial charge in [-0.3, -0.25) is 15.1 Å². The second-order valence-electron chi connectivity index (χ2n) is 5.36. The van der Waals surface area contributed by atoms with Crippen molar-refractivity contribution in [2.45, 2.75) is 6.61 Å². The summed E-state index contributed by atoms with van der Waals surface area (Å²) in [6.45, 7) is 0.0792. The van der Waals surface area contributed by atoms with Crippen molar-refractivity contribution in [3.05, 3.63) is 64.1 Å². The minimum atomic E-state index is -0.988. The molecule has 134 valence electrons. The molecular formula is C18H15FN2O5. The van der Waals surface area contributed by atoms with E-state index < -0.39 is 16.4 Å². The van der Waals surface area contributed by atoms with Crippen molar-refractivity contribution >= 4 is 16.6 Å². The molecular weight excluding hydrogens is 343 g/mol. The number of para-hydroxylation sites is 1. The highest BCUT2D eigenvalue weighted by Gasteiger charge is 2.20. The number of fused-ring (bicyclic) bond motifs is 1. The molecule has 0 aliphatic carbocycles. The Balaban J connectivity index is 1.93. The predicted molar refractivity (Wildman–Crippen MR) is 92.2 cm³/mol. The van der Waals surface area contributed by atoms with Crippen molar-refractivity contribution in [3.63, 3.8) is 0 Å². The topological polar surface area (TPSA) is 83.7 Å². The highest BCUT2D eigenvalue weighted by atomic mass is 19.1. The van der Waals surface area contributed by atoms with E-state index in [2.05, 4.69) is 4.98 Å².